The molecule has 0 fully saturated rings. The number of hydrogen-bond acceptors (Lipinski definition) is 6. The predicted octanol–water partition coefficient (Wildman–Crippen LogP) is 6.66. The van der Waals surface area contributed by atoms with Gasteiger partial charge < -0.3 is 19.2 Å². The first-order valence-electron chi connectivity index (χ1n) is 11.3. The number of fused-ring (bicyclic) bond motifs is 2. The van der Waals surface area contributed by atoms with Crippen LogP contribution in [-0.4, -0.2) is 27.6 Å². The molecule has 4 aromatic rings. The van der Waals surface area contributed by atoms with Crippen LogP contribution in [0, 0.1) is 6.92 Å². The van der Waals surface area contributed by atoms with Crippen molar-refractivity contribution in [3.05, 3.63) is 127 Å². The summed E-state index contributed by atoms with van der Waals surface area (Å²) in [4.78, 5) is 8.95. The molecule has 186 valence electrons. The monoisotopic (exact) mass is 500 g/mol. The fourth-order valence-corrected chi connectivity index (χ4v) is 3.18. The van der Waals surface area contributed by atoms with Crippen molar-refractivity contribution in [1.29, 1.82) is 0 Å². The summed E-state index contributed by atoms with van der Waals surface area (Å²) in [6.45, 7) is 16.0. The topological polar surface area (TPSA) is 73.8 Å². The van der Waals surface area contributed by atoms with Crippen LogP contribution in [0.15, 0.2) is 125 Å². The summed E-state index contributed by atoms with van der Waals surface area (Å²) < 4.78 is 18.9. The number of aromatic nitrogens is 3. The van der Waals surface area contributed by atoms with E-state index in [1.54, 1.807) is 6.20 Å². The molecule has 0 atom stereocenters. The van der Waals surface area contributed by atoms with E-state index < -0.39 is 0 Å². The number of aryl methyl sites for hydroxylation is 1. The number of hydrogen-bond donors (Lipinski definition) is 1. The second-order valence-electron chi connectivity index (χ2n) is 7.20. The Balaban J connectivity index is 0.000000281. The lowest BCUT2D eigenvalue weighted by Gasteiger charge is -2.19. The maximum atomic E-state index is 5.78. The second-order valence-corrected chi connectivity index (χ2v) is 7.20. The Bertz CT molecular complexity index is 1650. The van der Waals surface area contributed by atoms with E-state index in [2.05, 4.69) is 87.5 Å². The number of imidazole rings is 1. The summed E-state index contributed by atoms with van der Waals surface area (Å²) >= 11 is 0. The van der Waals surface area contributed by atoms with E-state index in [1.165, 1.54) is 0 Å². The zero-order chi connectivity index (χ0) is 27.2. The normalized spacial score (nSPS) is 10.0. The molecule has 38 heavy (non-hydrogen) atoms. The smallest absolute Gasteiger partial charge is 0.236 e. The van der Waals surface area contributed by atoms with Crippen molar-refractivity contribution in [2.24, 2.45) is 0 Å². The molecule has 5 rings (SSSR count). The van der Waals surface area contributed by atoms with E-state index in [1.807, 2.05) is 53.9 Å². The van der Waals surface area contributed by atoms with Crippen LogP contribution < -0.4 is 14.8 Å². The number of nitrogens with zero attached hydrogens (tertiary/aromatic N) is 3. The Labute approximate surface area is 220 Å². The molecule has 1 aromatic carbocycles. The number of ether oxygens (including phenoxy) is 2. The van der Waals surface area contributed by atoms with Gasteiger partial charge in [0.1, 0.15) is 24.8 Å². The largest absolute Gasteiger partial charge is 0.486 e. The first-order chi connectivity index (χ1) is 18.6. The van der Waals surface area contributed by atoms with Crippen LogP contribution in [0.2, 0.25) is 0 Å². The Morgan fingerprint density at radius 1 is 0.868 bits per heavy atom. The third-order valence-corrected chi connectivity index (χ3v) is 4.66. The van der Waals surface area contributed by atoms with Crippen molar-refractivity contribution < 1.29 is 13.9 Å². The van der Waals surface area contributed by atoms with Gasteiger partial charge in [0.05, 0.1) is 0 Å². The van der Waals surface area contributed by atoms with Crippen molar-refractivity contribution in [1.82, 2.24) is 14.4 Å². The molecule has 0 unspecified atom stereocenters. The molecule has 0 saturated carbocycles. The molecule has 7 heteroatoms. The minimum Gasteiger partial charge on any atom is -0.486 e. The lowest BCUT2D eigenvalue weighted by Crippen LogP contribution is -2.15. The van der Waals surface area contributed by atoms with E-state index in [4.69, 9.17) is 13.9 Å². The number of rotatable bonds is 3. The molecule has 0 bridgehead atoms. The standard InChI is InChI=1S/C19H16N4O3.2C6H4/c1-12-3-5-15(26-12)17-18(23-8-2-7-20-19(23)22-17)21-13-4-6-14-16(11-13)25-10-9-24-14;2*1-3-5-6-4-2/h2-8,11,21H,9-10H2,1H3;2*1-2H2. The number of benzene rings is 1. The number of anilines is 2. The average molecular weight is 501 g/mol. The van der Waals surface area contributed by atoms with E-state index in [0.29, 0.717) is 30.4 Å². The van der Waals surface area contributed by atoms with Gasteiger partial charge in [-0.25, -0.2) is 9.97 Å². The highest BCUT2D eigenvalue weighted by molar-refractivity contribution is 5.77. The van der Waals surface area contributed by atoms with E-state index >= 15 is 0 Å². The van der Waals surface area contributed by atoms with Gasteiger partial charge in [-0.05, 0) is 86.5 Å². The molecule has 4 heterocycles. The van der Waals surface area contributed by atoms with Crippen molar-refractivity contribution in [2.45, 2.75) is 6.92 Å². The molecular formula is C31H24N4O3. The molecule has 0 amide bonds. The molecule has 1 N–H and O–H groups in total. The highest BCUT2D eigenvalue weighted by Crippen LogP contribution is 2.36. The maximum absolute atomic E-state index is 5.78. The zero-order valence-electron chi connectivity index (χ0n) is 20.9. The van der Waals surface area contributed by atoms with Gasteiger partial charge in [-0.1, -0.05) is 22.9 Å². The van der Waals surface area contributed by atoms with E-state index in [0.717, 1.165) is 28.8 Å². The lowest BCUT2D eigenvalue weighted by molar-refractivity contribution is 0.171. The van der Waals surface area contributed by atoms with Crippen molar-refractivity contribution in [3.8, 4) is 23.0 Å². The van der Waals surface area contributed by atoms with Gasteiger partial charge in [0, 0.05) is 24.1 Å². The number of nitrogens with one attached hydrogen (secondary N) is 1. The maximum Gasteiger partial charge on any atom is 0.236 e. The third-order valence-electron chi connectivity index (χ3n) is 4.66. The van der Waals surface area contributed by atoms with Gasteiger partial charge in [0.2, 0.25) is 5.78 Å². The van der Waals surface area contributed by atoms with Crippen LogP contribution in [0.25, 0.3) is 17.2 Å². The van der Waals surface area contributed by atoms with Gasteiger partial charge in [-0.15, -0.1) is 0 Å². The molecule has 1 aliphatic rings. The molecule has 3 aromatic heterocycles. The average Bonchev–Trinajstić information content (AvgIpc) is 3.54. The summed E-state index contributed by atoms with van der Waals surface area (Å²) in [5.41, 5.74) is 20.6. The Morgan fingerprint density at radius 2 is 1.53 bits per heavy atom. The molecule has 7 nitrogen and oxygen atoms in total. The van der Waals surface area contributed by atoms with Crippen LogP contribution in [0.5, 0.6) is 11.5 Å². The van der Waals surface area contributed by atoms with Crippen LogP contribution >= 0.6 is 0 Å². The molecule has 0 spiro atoms. The minimum atomic E-state index is 0.549. The van der Waals surface area contributed by atoms with Gasteiger partial charge in [0.25, 0.3) is 0 Å². The Kier molecular flexibility index (Phi) is 9.86. The fraction of sp³-hybridized carbons (Fsp3) is 0.0968. The summed E-state index contributed by atoms with van der Waals surface area (Å²) in [6, 6.07) is 11.4. The summed E-state index contributed by atoms with van der Waals surface area (Å²) in [5, 5.41) is 3.42. The fourth-order valence-electron chi connectivity index (χ4n) is 3.18. The molecule has 0 aliphatic carbocycles. The molecule has 0 saturated heterocycles. The third kappa shape index (κ3) is 7.12. The lowest BCUT2D eigenvalue weighted by atomic mass is 10.2. The van der Waals surface area contributed by atoms with Crippen LogP contribution in [-0.2, 0) is 0 Å². The van der Waals surface area contributed by atoms with Gasteiger partial charge in [0.15, 0.2) is 23.0 Å². The molecule has 1 aliphatic heterocycles. The minimum absolute atomic E-state index is 0.549. The van der Waals surface area contributed by atoms with Gasteiger partial charge in [-0.2, -0.15) is 0 Å². The van der Waals surface area contributed by atoms with E-state index in [9.17, 15) is 0 Å². The van der Waals surface area contributed by atoms with Gasteiger partial charge >= 0.3 is 0 Å². The van der Waals surface area contributed by atoms with Crippen LogP contribution in [0.4, 0.5) is 11.5 Å². The Morgan fingerprint density at radius 3 is 2.13 bits per heavy atom. The highest BCUT2D eigenvalue weighted by Gasteiger charge is 2.19. The summed E-state index contributed by atoms with van der Waals surface area (Å²) in [7, 11) is 0. The molecular weight excluding hydrogens is 476 g/mol. The highest BCUT2D eigenvalue weighted by atomic mass is 16.6. The summed E-state index contributed by atoms with van der Waals surface area (Å²) in [5.74, 6) is 4.37. The second kappa shape index (κ2) is 14.0. The van der Waals surface area contributed by atoms with Crippen LogP contribution in [0.1, 0.15) is 5.76 Å². The SMILES string of the molecule is C=C=C=C=C=C.C=C=C=C=C=C.Cc1ccc(-c2nc3ncccn3c2Nc2ccc3c(c2)OCCO3)o1. The Hall–Kier alpha value is -5.76. The van der Waals surface area contributed by atoms with Crippen LogP contribution in [0.3, 0.4) is 0 Å². The first-order valence-corrected chi connectivity index (χ1v) is 11.3. The molecule has 0 radical (unpaired) electrons. The zero-order valence-corrected chi connectivity index (χ0v) is 20.9. The first kappa shape index (κ1) is 26.8. The summed E-state index contributed by atoms with van der Waals surface area (Å²) in [6.07, 6.45) is 3.63. The van der Waals surface area contributed by atoms with Gasteiger partial charge in [-0.3, -0.25) is 4.40 Å². The quantitative estimate of drug-likeness (QED) is 0.317. The van der Waals surface area contributed by atoms with Crippen molar-refractivity contribution >= 4 is 17.3 Å². The van der Waals surface area contributed by atoms with Crippen molar-refractivity contribution in [3.63, 3.8) is 0 Å². The van der Waals surface area contributed by atoms with Crippen molar-refractivity contribution in [2.75, 3.05) is 18.5 Å². The van der Waals surface area contributed by atoms with E-state index in [-0.39, 0.29) is 0 Å². The number of furan rings is 1. The predicted molar refractivity (Wildman–Crippen MR) is 147 cm³/mol.